The highest BCUT2D eigenvalue weighted by Crippen LogP contribution is 2.11. The number of aromatic nitrogens is 3. The lowest BCUT2D eigenvalue weighted by molar-refractivity contribution is -0.120. The van der Waals surface area contributed by atoms with Crippen molar-refractivity contribution in [1.29, 1.82) is 0 Å². The van der Waals surface area contributed by atoms with E-state index in [0.29, 0.717) is 29.3 Å². The minimum absolute atomic E-state index is 0.0159. The van der Waals surface area contributed by atoms with Crippen LogP contribution in [-0.2, 0) is 17.6 Å². The quantitative estimate of drug-likeness (QED) is 0.632. The van der Waals surface area contributed by atoms with E-state index in [1.165, 1.54) is 5.56 Å². The molecule has 0 fully saturated rings. The molecule has 1 amide bonds. The molecule has 0 saturated carbocycles. The topological polar surface area (TPSA) is 87.7 Å². The van der Waals surface area contributed by atoms with Gasteiger partial charge in [0, 0.05) is 24.0 Å². The van der Waals surface area contributed by atoms with Crippen molar-refractivity contribution in [3.8, 4) is 11.5 Å². The average molecular weight is 362 g/mol. The van der Waals surface area contributed by atoms with Crippen LogP contribution in [0, 0.1) is 6.92 Å². The van der Waals surface area contributed by atoms with Gasteiger partial charge in [0.2, 0.25) is 5.91 Å². The smallest absolute Gasteiger partial charge is 0.255 e. The molecule has 1 aromatic carbocycles. The van der Waals surface area contributed by atoms with Crippen LogP contribution in [0.15, 0.2) is 59.5 Å². The van der Waals surface area contributed by atoms with Crippen molar-refractivity contribution in [2.24, 2.45) is 0 Å². The minimum atomic E-state index is -0.303. The number of hydrogen-bond acceptors (Lipinski definition) is 4. The van der Waals surface area contributed by atoms with E-state index < -0.39 is 0 Å². The molecule has 27 heavy (non-hydrogen) atoms. The van der Waals surface area contributed by atoms with Crippen molar-refractivity contribution < 1.29 is 4.79 Å². The van der Waals surface area contributed by atoms with Crippen LogP contribution in [0.3, 0.4) is 0 Å². The molecular weight excluding hydrogens is 340 g/mol. The number of aryl methyl sites for hydroxylation is 2. The molecule has 0 saturated heterocycles. The van der Waals surface area contributed by atoms with Crippen LogP contribution >= 0.6 is 0 Å². The molecule has 0 radical (unpaired) electrons. The van der Waals surface area contributed by atoms with Gasteiger partial charge in [0.05, 0.1) is 6.42 Å². The first-order valence-corrected chi connectivity index (χ1v) is 8.95. The molecule has 3 rings (SSSR count). The molecule has 138 valence electrons. The zero-order chi connectivity index (χ0) is 19.1. The van der Waals surface area contributed by atoms with E-state index in [9.17, 15) is 9.59 Å². The lowest BCUT2D eigenvalue weighted by atomic mass is 10.1. The second-order valence-electron chi connectivity index (χ2n) is 6.31. The van der Waals surface area contributed by atoms with Crippen LogP contribution < -0.4 is 10.9 Å². The number of H-pyrrole nitrogens is 1. The van der Waals surface area contributed by atoms with Gasteiger partial charge in [0.15, 0.2) is 5.82 Å². The summed E-state index contributed by atoms with van der Waals surface area (Å²) < 4.78 is 0. The number of amides is 1. The van der Waals surface area contributed by atoms with Crippen LogP contribution in [-0.4, -0.2) is 27.4 Å². The van der Waals surface area contributed by atoms with Crippen LogP contribution in [0.2, 0.25) is 0 Å². The van der Waals surface area contributed by atoms with Crippen molar-refractivity contribution in [2.75, 3.05) is 6.54 Å². The summed E-state index contributed by atoms with van der Waals surface area (Å²) in [6, 6.07) is 15.5. The first kappa shape index (κ1) is 18.5. The molecule has 2 aromatic heterocycles. The van der Waals surface area contributed by atoms with Gasteiger partial charge in [-0.05, 0) is 37.5 Å². The Morgan fingerprint density at radius 2 is 1.89 bits per heavy atom. The Kier molecular flexibility index (Phi) is 6.10. The predicted octanol–water partition coefficient (Wildman–Crippen LogP) is 2.43. The van der Waals surface area contributed by atoms with Gasteiger partial charge in [-0.2, -0.15) is 0 Å². The van der Waals surface area contributed by atoms with Gasteiger partial charge in [-0.1, -0.05) is 36.4 Å². The monoisotopic (exact) mass is 362 g/mol. The van der Waals surface area contributed by atoms with E-state index in [1.807, 2.05) is 24.3 Å². The summed E-state index contributed by atoms with van der Waals surface area (Å²) in [4.78, 5) is 35.9. The number of rotatable bonds is 7. The molecule has 2 heterocycles. The van der Waals surface area contributed by atoms with E-state index in [-0.39, 0.29) is 17.9 Å². The lowest BCUT2D eigenvalue weighted by Crippen LogP contribution is -2.30. The fraction of sp³-hybridized carbons (Fsp3) is 0.238. The van der Waals surface area contributed by atoms with Gasteiger partial charge in [-0.25, -0.2) is 4.98 Å². The minimum Gasteiger partial charge on any atom is -0.356 e. The van der Waals surface area contributed by atoms with Crippen molar-refractivity contribution in [3.05, 3.63) is 81.9 Å². The second kappa shape index (κ2) is 8.89. The number of pyridine rings is 1. The number of aromatic amines is 1. The molecule has 0 aliphatic rings. The number of benzene rings is 1. The summed E-state index contributed by atoms with van der Waals surface area (Å²) in [5.74, 6) is 0.231. The predicted molar refractivity (Wildman–Crippen MR) is 104 cm³/mol. The molecule has 0 spiro atoms. The van der Waals surface area contributed by atoms with Crippen LogP contribution in [0.5, 0.6) is 0 Å². The molecule has 0 unspecified atom stereocenters. The Hall–Kier alpha value is -3.28. The van der Waals surface area contributed by atoms with E-state index in [1.54, 1.807) is 25.3 Å². The summed E-state index contributed by atoms with van der Waals surface area (Å²) in [5, 5.41) is 2.87. The highest BCUT2D eigenvalue weighted by atomic mass is 16.2. The molecule has 0 atom stereocenters. The summed E-state index contributed by atoms with van der Waals surface area (Å²) in [6.45, 7) is 2.31. The number of nitrogens with one attached hydrogen (secondary N) is 2. The summed E-state index contributed by atoms with van der Waals surface area (Å²) >= 11 is 0. The maximum absolute atomic E-state index is 12.4. The highest BCUT2D eigenvalue weighted by molar-refractivity contribution is 5.78. The van der Waals surface area contributed by atoms with Gasteiger partial charge in [0.1, 0.15) is 5.69 Å². The summed E-state index contributed by atoms with van der Waals surface area (Å²) in [5.41, 5.74) is 2.46. The summed E-state index contributed by atoms with van der Waals surface area (Å²) in [7, 11) is 0. The zero-order valence-corrected chi connectivity index (χ0v) is 15.2. The third-order valence-electron chi connectivity index (χ3n) is 4.27. The second-order valence-corrected chi connectivity index (χ2v) is 6.31. The maximum Gasteiger partial charge on any atom is 0.255 e. The molecule has 0 bridgehead atoms. The molecule has 6 nitrogen and oxygen atoms in total. The Balaban J connectivity index is 1.57. The highest BCUT2D eigenvalue weighted by Gasteiger charge is 2.13. The number of nitrogens with zero attached hydrogens (tertiary/aromatic N) is 2. The Labute approximate surface area is 157 Å². The lowest BCUT2D eigenvalue weighted by Gasteiger charge is -2.08. The van der Waals surface area contributed by atoms with Gasteiger partial charge in [-0.15, -0.1) is 0 Å². The Morgan fingerprint density at radius 1 is 1.11 bits per heavy atom. The van der Waals surface area contributed by atoms with Gasteiger partial charge in [0.25, 0.3) is 5.56 Å². The first-order valence-electron chi connectivity index (χ1n) is 8.95. The fourth-order valence-electron chi connectivity index (χ4n) is 2.83. The molecule has 6 heteroatoms. The third-order valence-corrected chi connectivity index (χ3v) is 4.27. The van der Waals surface area contributed by atoms with Crippen molar-refractivity contribution in [3.63, 3.8) is 0 Å². The molecule has 3 aromatic rings. The molecular formula is C21H22N4O2. The van der Waals surface area contributed by atoms with Gasteiger partial charge >= 0.3 is 0 Å². The average Bonchev–Trinajstić information content (AvgIpc) is 2.69. The van der Waals surface area contributed by atoms with Crippen molar-refractivity contribution in [2.45, 2.75) is 26.2 Å². The Bertz CT molecular complexity index is 953. The van der Waals surface area contributed by atoms with Gasteiger partial charge in [-0.3, -0.25) is 14.6 Å². The van der Waals surface area contributed by atoms with E-state index >= 15 is 0 Å². The zero-order valence-electron chi connectivity index (χ0n) is 15.2. The standard InChI is InChI=1S/C21H22N4O2/c1-15-17(21(27)25-20(24-15)18-11-5-6-12-22-18)14-19(26)23-13-7-10-16-8-3-2-4-9-16/h2-6,8-9,11-12H,7,10,13-14H2,1H3,(H,23,26)(H,24,25,27). The molecule has 2 N–H and O–H groups in total. The number of carbonyl (C=O) groups is 1. The molecule has 0 aliphatic heterocycles. The van der Waals surface area contributed by atoms with Crippen molar-refractivity contribution >= 4 is 5.91 Å². The largest absolute Gasteiger partial charge is 0.356 e. The summed E-state index contributed by atoms with van der Waals surface area (Å²) in [6.07, 6.45) is 3.41. The van der Waals surface area contributed by atoms with Crippen LogP contribution in [0.25, 0.3) is 11.5 Å². The van der Waals surface area contributed by atoms with Gasteiger partial charge < -0.3 is 10.3 Å². The van der Waals surface area contributed by atoms with Crippen LogP contribution in [0.4, 0.5) is 0 Å². The SMILES string of the molecule is Cc1nc(-c2ccccn2)[nH]c(=O)c1CC(=O)NCCCc1ccccc1. The third kappa shape index (κ3) is 5.10. The normalized spacial score (nSPS) is 10.6. The first-order chi connectivity index (χ1) is 13.1. The molecule has 0 aliphatic carbocycles. The van der Waals surface area contributed by atoms with Crippen LogP contribution in [0.1, 0.15) is 23.2 Å². The van der Waals surface area contributed by atoms with E-state index in [4.69, 9.17) is 0 Å². The van der Waals surface area contributed by atoms with E-state index in [0.717, 1.165) is 12.8 Å². The van der Waals surface area contributed by atoms with E-state index in [2.05, 4.69) is 32.4 Å². The Morgan fingerprint density at radius 3 is 2.59 bits per heavy atom. The number of hydrogen-bond donors (Lipinski definition) is 2. The van der Waals surface area contributed by atoms with Crippen molar-refractivity contribution in [1.82, 2.24) is 20.3 Å². The maximum atomic E-state index is 12.4. The number of carbonyl (C=O) groups excluding carboxylic acids is 1. The fourth-order valence-corrected chi connectivity index (χ4v) is 2.83.